The van der Waals surface area contributed by atoms with Crippen LogP contribution in [0.5, 0.6) is 0 Å². The van der Waals surface area contributed by atoms with Gasteiger partial charge in [-0.3, -0.25) is 0 Å². The highest BCUT2D eigenvalue weighted by Crippen LogP contribution is 2.37. The summed E-state index contributed by atoms with van der Waals surface area (Å²) in [4.78, 5) is 0. The van der Waals surface area contributed by atoms with Crippen LogP contribution in [0.15, 0.2) is 170 Å². The summed E-state index contributed by atoms with van der Waals surface area (Å²) in [5.41, 5.74) is 1.33. The number of nitrogens with zero attached hydrogens (tertiary/aromatic N) is 2. The summed E-state index contributed by atoms with van der Waals surface area (Å²) < 4.78 is 128. The van der Waals surface area contributed by atoms with Gasteiger partial charge in [-0.2, -0.15) is 0 Å². The maximum Gasteiger partial charge on any atom is 0.0652 e. The highest BCUT2D eigenvalue weighted by atomic mass is 15.0. The predicted molar refractivity (Wildman–Crippen MR) is 186 cm³/mol. The third-order valence-corrected chi connectivity index (χ3v) is 7.81. The quantitative estimate of drug-likeness (QED) is 0.198. The van der Waals surface area contributed by atoms with Crippen LogP contribution < -0.4 is 0 Å². The highest BCUT2D eigenvalue weighted by Gasteiger charge is 2.16. The third-order valence-electron chi connectivity index (χ3n) is 7.81. The van der Waals surface area contributed by atoms with E-state index in [0.29, 0.717) is 11.0 Å². The fourth-order valence-corrected chi connectivity index (χ4v) is 5.92. The Hall–Kier alpha value is -5.86. The van der Waals surface area contributed by atoms with Crippen LogP contribution in [0.1, 0.15) is 19.2 Å². The Bertz CT molecular complexity index is 3210. The minimum atomic E-state index is -0.551. The molecule has 0 aliphatic carbocycles. The van der Waals surface area contributed by atoms with E-state index in [9.17, 15) is 5.48 Å². The molecule has 0 saturated heterocycles. The Morgan fingerprint density at radius 1 is 0.364 bits per heavy atom. The van der Waals surface area contributed by atoms with Crippen LogP contribution in [0.2, 0.25) is 0 Å². The zero-order chi connectivity index (χ0) is 41.2. The second-order valence-electron chi connectivity index (χ2n) is 10.3. The van der Waals surface area contributed by atoms with Crippen molar-refractivity contribution >= 4 is 43.6 Å². The fourth-order valence-electron chi connectivity index (χ4n) is 5.92. The van der Waals surface area contributed by atoms with Gasteiger partial charge in [-0.1, -0.05) is 115 Å². The Balaban J connectivity index is 1.38. The number of aromatic nitrogens is 2. The minimum Gasteiger partial charge on any atom is -0.309 e. The number of rotatable bonds is 4. The van der Waals surface area contributed by atoms with E-state index in [1.165, 1.54) is 10.6 Å². The van der Waals surface area contributed by atoms with Crippen LogP contribution in [0, 0.1) is 0 Å². The summed E-state index contributed by atoms with van der Waals surface area (Å²) in [7, 11) is 0. The first-order valence-corrected chi connectivity index (χ1v) is 14.0. The lowest BCUT2D eigenvalue weighted by Crippen LogP contribution is -1.96. The van der Waals surface area contributed by atoms with E-state index >= 15 is 0 Å². The Morgan fingerprint density at radius 3 is 1.84 bits per heavy atom. The van der Waals surface area contributed by atoms with Crippen molar-refractivity contribution in [1.29, 1.82) is 0 Å². The van der Waals surface area contributed by atoms with E-state index in [0.717, 1.165) is 22.9 Å². The second-order valence-corrected chi connectivity index (χ2v) is 10.3. The smallest absolute Gasteiger partial charge is 0.0652 e. The average Bonchev–Trinajstić information content (AvgIpc) is 3.74. The van der Waals surface area contributed by atoms with E-state index in [4.69, 9.17) is 13.7 Å². The SMILES string of the molecule is [2H]c1cc([2H])c([2H])c(-c2c([2H])cc([2H])c(-c3cccc(-n4c5c([2H])c([2H])c([2H])c([2H])c5c5c([2H])c(-n6c7ccccc7c7ccccc76)c([2H])c([2H])c54)c3)c2[2H])c1[2H]. The molecule has 2 heterocycles. The summed E-state index contributed by atoms with van der Waals surface area (Å²) in [6.07, 6.45) is 0. The van der Waals surface area contributed by atoms with Crippen LogP contribution in [0.25, 0.3) is 77.2 Å². The molecule has 0 saturated carbocycles. The van der Waals surface area contributed by atoms with Crippen LogP contribution in [0.3, 0.4) is 0 Å². The Labute approximate surface area is 275 Å². The maximum atomic E-state index is 9.76. The van der Waals surface area contributed by atoms with Crippen molar-refractivity contribution in [3.63, 3.8) is 0 Å². The molecule has 0 aliphatic heterocycles. The van der Waals surface area contributed by atoms with Crippen molar-refractivity contribution in [3.05, 3.63) is 170 Å². The second kappa shape index (κ2) is 9.86. The van der Waals surface area contributed by atoms with Crippen molar-refractivity contribution in [3.8, 4) is 33.6 Å². The van der Waals surface area contributed by atoms with Gasteiger partial charge in [0.1, 0.15) is 0 Å². The molecule has 2 heteroatoms. The van der Waals surface area contributed by atoms with E-state index in [-0.39, 0.29) is 97.7 Å². The van der Waals surface area contributed by atoms with Gasteiger partial charge in [0.2, 0.25) is 0 Å². The largest absolute Gasteiger partial charge is 0.309 e. The van der Waals surface area contributed by atoms with Gasteiger partial charge in [0.15, 0.2) is 0 Å². The Morgan fingerprint density at radius 2 is 1.05 bits per heavy atom. The molecule has 0 amide bonds. The first-order chi connectivity index (χ1) is 27.6. The van der Waals surface area contributed by atoms with Gasteiger partial charge >= 0.3 is 0 Å². The molecule has 2 aromatic heterocycles. The molecule has 0 spiro atoms. The molecular weight excluding hydrogens is 532 g/mol. The topological polar surface area (TPSA) is 9.86 Å². The first-order valence-electron chi connectivity index (χ1n) is 21.0. The van der Waals surface area contributed by atoms with Gasteiger partial charge in [-0.25, -0.2) is 0 Å². The van der Waals surface area contributed by atoms with Crippen LogP contribution in [0.4, 0.5) is 0 Å². The molecule has 2 nitrogen and oxygen atoms in total. The lowest BCUT2D eigenvalue weighted by molar-refractivity contribution is 1.17. The van der Waals surface area contributed by atoms with Crippen molar-refractivity contribution in [2.24, 2.45) is 0 Å². The van der Waals surface area contributed by atoms with Crippen LogP contribution in [-0.4, -0.2) is 9.13 Å². The van der Waals surface area contributed by atoms with Crippen molar-refractivity contribution in [2.45, 2.75) is 0 Å². The van der Waals surface area contributed by atoms with Gasteiger partial charge in [-0.15, -0.1) is 0 Å². The molecule has 0 atom stereocenters. The number of fused-ring (bicyclic) bond motifs is 6. The van der Waals surface area contributed by atoms with E-state index < -0.39 is 42.3 Å². The third kappa shape index (κ3) is 3.82. The lowest BCUT2D eigenvalue weighted by atomic mass is 9.99. The summed E-state index contributed by atoms with van der Waals surface area (Å²) >= 11 is 0. The van der Waals surface area contributed by atoms with E-state index in [2.05, 4.69) is 0 Å². The van der Waals surface area contributed by atoms with Crippen molar-refractivity contribution < 1.29 is 19.2 Å². The summed E-state index contributed by atoms with van der Waals surface area (Å²) in [6.45, 7) is 0. The van der Waals surface area contributed by atoms with Gasteiger partial charge in [0.05, 0.1) is 41.3 Å². The molecule has 206 valence electrons. The standard InChI is InChI=1S/C42H28N2/c1-2-12-29(13-3-1)30-14-10-15-31(26-30)32-16-11-17-33(27-32)43-41-23-9-6-20-37(41)38-28-34(24-25-42(38)43)44-39-21-7-4-18-35(39)36-19-5-8-22-40(36)44/h1-28H/i2D,3D,6D,9D,12D,13D,14D,15D,20D,23D,24D,25D,26D,28D. The molecule has 0 unspecified atom stereocenters. The molecular formula is C42H28N2. The summed E-state index contributed by atoms with van der Waals surface area (Å²) in [5, 5.41) is 1.72. The number of benzene rings is 7. The van der Waals surface area contributed by atoms with Crippen LogP contribution in [-0.2, 0) is 0 Å². The molecule has 0 fully saturated rings. The van der Waals surface area contributed by atoms with Gasteiger partial charge in [0, 0.05) is 32.9 Å². The number of para-hydroxylation sites is 3. The molecule has 0 bridgehead atoms. The molecule has 0 radical (unpaired) electrons. The maximum absolute atomic E-state index is 9.76. The monoisotopic (exact) mass is 574 g/mol. The van der Waals surface area contributed by atoms with Gasteiger partial charge in [-0.05, 0) is 76.7 Å². The normalized spacial score (nSPS) is 16.1. The molecule has 0 aliphatic rings. The lowest BCUT2D eigenvalue weighted by Gasteiger charge is -2.12. The summed E-state index contributed by atoms with van der Waals surface area (Å²) in [6, 6.07) is 18.0. The summed E-state index contributed by atoms with van der Waals surface area (Å²) in [5.74, 6) is 0. The number of hydrogen-bond donors (Lipinski definition) is 0. The van der Waals surface area contributed by atoms with Gasteiger partial charge < -0.3 is 9.13 Å². The number of hydrogen-bond acceptors (Lipinski definition) is 0. The highest BCUT2D eigenvalue weighted by molar-refractivity contribution is 6.12. The molecule has 9 aromatic rings. The molecule has 44 heavy (non-hydrogen) atoms. The average molecular weight is 575 g/mol. The van der Waals surface area contributed by atoms with E-state index in [1.54, 1.807) is 22.8 Å². The fraction of sp³-hybridized carbons (Fsp3) is 0. The van der Waals surface area contributed by atoms with E-state index in [1.807, 2.05) is 48.5 Å². The minimum absolute atomic E-state index is 0.0154. The zero-order valence-corrected chi connectivity index (χ0v) is 23.0. The molecule has 7 aromatic carbocycles. The molecule has 0 N–H and O–H groups in total. The predicted octanol–water partition coefficient (Wildman–Crippen LogP) is 11.2. The van der Waals surface area contributed by atoms with Crippen molar-refractivity contribution in [2.75, 3.05) is 0 Å². The zero-order valence-electron chi connectivity index (χ0n) is 37.0. The van der Waals surface area contributed by atoms with Crippen molar-refractivity contribution in [1.82, 2.24) is 9.13 Å². The molecule has 9 rings (SSSR count). The van der Waals surface area contributed by atoms with Crippen LogP contribution >= 0.6 is 0 Å². The first kappa shape index (κ1) is 14.5. The Kier molecular flexibility index (Phi) is 3.26. The van der Waals surface area contributed by atoms with Gasteiger partial charge in [0.25, 0.3) is 0 Å².